The predicted octanol–water partition coefficient (Wildman–Crippen LogP) is 3.02. The van der Waals surface area contributed by atoms with E-state index in [0.717, 1.165) is 4.90 Å². The van der Waals surface area contributed by atoms with Gasteiger partial charge in [0, 0.05) is 18.3 Å². The van der Waals surface area contributed by atoms with Gasteiger partial charge in [-0.05, 0) is 35.9 Å². The molecule has 3 aromatic rings. The van der Waals surface area contributed by atoms with E-state index in [1.807, 2.05) is 12.1 Å². The molecule has 3 aromatic carbocycles. The topological polar surface area (TPSA) is 95.6 Å². The fourth-order valence-electron chi connectivity index (χ4n) is 3.40. The summed E-state index contributed by atoms with van der Waals surface area (Å²) >= 11 is 0. The molecule has 0 aliphatic carbocycles. The molecule has 0 aromatic heterocycles. The average Bonchev–Trinajstić information content (AvgIpc) is 3.02. The molecular weight excluding hydrogens is 394 g/mol. The Kier molecular flexibility index (Phi) is 5.32. The molecule has 4 amide bonds. The summed E-state index contributed by atoms with van der Waals surface area (Å²) in [6.07, 6.45) is 0. The van der Waals surface area contributed by atoms with Crippen molar-refractivity contribution >= 4 is 29.3 Å². The van der Waals surface area contributed by atoms with Crippen LogP contribution >= 0.6 is 0 Å². The lowest BCUT2D eigenvalue weighted by Gasteiger charge is -2.19. The highest BCUT2D eigenvalue weighted by Crippen LogP contribution is 2.23. The van der Waals surface area contributed by atoms with Gasteiger partial charge in [0.25, 0.3) is 23.6 Å². The highest BCUT2D eigenvalue weighted by Gasteiger charge is 2.33. The number of carbonyl (C=O) groups excluding carboxylic acids is 4. The summed E-state index contributed by atoms with van der Waals surface area (Å²) in [5, 5.41) is 5.54. The average molecular weight is 413 g/mol. The molecule has 31 heavy (non-hydrogen) atoms. The van der Waals surface area contributed by atoms with Crippen LogP contribution in [0.2, 0.25) is 0 Å². The van der Waals surface area contributed by atoms with Crippen LogP contribution in [0.4, 0.5) is 5.69 Å². The van der Waals surface area contributed by atoms with Crippen LogP contribution in [0.15, 0.2) is 78.9 Å². The number of amides is 4. The predicted molar refractivity (Wildman–Crippen MR) is 115 cm³/mol. The van der Waals surface area contributed by atoms with E-state index in [2.05, 4.69) is 10.6 Å². The van der Waals surface area contributed by atoms with E-state index in [1.54, 1.807) is 48.5 Å². The molecule has 1 aliphatic heterocycles. The lowest BCUT2D eigenvalue weighted by Crippen LogP contribution is -2.37. The molecule has 0 bridgehead atoms. The second kappa shape index (κ2) is 8.23. The number of carbonyl (C=O) groups is 4. The smallest absolute Gasteiger partial charge is 0.261 e. The third-order valence-electron chi connectivity index (χ3n) is 5.06. The van der Waals surface area contributed by atoms with Crippen molar-refractivity contribution in [2.75, 3.05) is 12.4 Å². The monoisotopic (exact) mass is 413 g/mol. The second-order valence-electron chi connectivity index (χ2n) is 7.10. The number of nitrogens with one attached hydrogen (secondary N) is 2. The van der Waals surface area contributed by atoms with Gasteiger partial charge in [0.05, 0.1) is 11.1 Å². The van der Waals surface area contributed by atoms with E-state index in [-0.39, 0.29) is 16.7 Å². The largest absolute Gasteiger partial charge is 0.336 e. The van der Waals surface area contributed by atoms with Crippen molar-refractivity contribution in [1.82, 2.24) is 10.2 Å². The standard InChI is InChI=1S/C24H19N3O4/c1-27-23(30)18-13-12-16(14-19(18)24(27)31)21(28)26-20(15-8-4-2-5-9-15)22(29)25-17-10-6-3-7-11-17/h2-14,20H,1H3,(H,25,29)(H,26,28). The van der Waals surface area contributed by atoms with Crippen LogP contribution < -0.4 is 10.6 Å². The lowest BCUT2D eigenvalue weighted by atomic mass is 10.0. The number of fused-ring (bicyclic) bond motifs is 1. The first-order chi connectivity index (χ1) is 15.0. The van der Waals surface area contributed by atoms with E-state index < -0.39 is 29.7 Å². The van der Waals surface area contributed by atoms with Gasteiger partial charge in [-0.1, -0.05) is 48.5 Å². The van der Waals surface area contributed by atoms with Crippen molar-refractivity contribution < 1.29 is 19.2 Å². The molecule has 1 heterocycles. The van der Waals surface area contributed by atoms with Crippen molar-refractivity contribution in [3.8, 4) is 0 Å². The maximum Gasteiger partial charge on any atom is 0.261 e. The highest BCUT2D eigenvalue weighted by atomic mass is 16.2. The van der Waals surface area contributed by atoms with Crippen LogP contribution in [0.5, 0.6) is 0 Å². The number of anilines is 1. The molecule has 154 valence electrons. The summed E-state index contributed by atoms with van der Waals surface area (Å²) in [5.74, 6) is -1.81. The highest BCUT2D eigenvalue weighted by molar-refractivity contribution is 6.21. The number of benzene rings is 3. The fraction of sp³-hybridized carbons (Fsp3) is 0.0833. The van der Waals surface area contributed by atoms with E-state index in [1.165, 1.54) is 25.2 Å². The van der Waals surface area contributed by atoms with Gasteiger partial charge in [-0.3, -0.25) is 24.1 Å². The zero-order valence-electron chi connectivity index (χ0n) is 16.7. The summed E-state index contributed by atoms with van der Waals surface area (Å²) in [6.45, 7) is 0. The maximum absolute atomic E-state index is 13.0. The van der Waals surface area contributed by atoms with Crippen molar-refractivity contribution in [3.05, 3.63) is 101 Å². The van der Waals surface area contributed by atoms with Crippen LogP contribution in [-0.4, -0.2) is 35.6 Å². The molecule has 1 unspecified atom stereocenters. The Morgan fingerprint density at radius 3 is 2.10 bits per heavy atom. The number of hydrogen-bond acceptors (Lipinski definition) is 4. The summed E-state index contributed by atoms with van der Waals surface area (Å²) in [4.78, 5) is 51.2. The molecule has 0 radical (unpaired) electrons. The van der Waals surface area contributed by atoms with E-state index in [9.17, 15) is 19.2 Å². The fourth-order valence-corrected chi connectivity index (χ4v) is 3.40. The zero-order valence-corrected chi connectivity index (χ0v) is 16.7. The Hall–Kier alpha value is -4.26. The molecule has 7 heteroatoms. The Labute approximate surface area is 178 Å². The second-order valence-corrected chi connectivity index (χ2v) is 7.10. The van der Waals surface area contributed by atoms with E-state index >= 15 is 0 Å². The van der Waals surface area contributed by atoms with Gasteiger partial charge in [0.2, 0.25) is 0 Å². The summed E-state index contributed by atoms with van der Waals surface area (Å²) in [7, 11) is 1.39. The molecular formula is C24H19N3O4. The van der Waals surface area contributed by atoms with Crippen LogP contribution in [0.1, 0.15) is 42.7 Å². The van der Waals surface area contributed by atoms with Crippen molar-refractivity contribution in [2.24, 2.45) is 0 Å². The summed E-state index contributed by atoms with van der Waals surface area (Å²) in [6, 6.07) is 21.1. The lowest BCUT2D eigenvalue weighted by molar-refractivity contribution is -0.118. The van der Waals surface area contributed by atoms with Crippen LogP contribution in [0.3, 0.4) is 0 Å². The maximum atomic E-state index is 13.0. The van der Waals surface area contributed by atoms with Gasteiger partial charge >= 0.3 is 0 Å². The van der Waals surface area contributed by atoms with Gasteiger partial charge in [0.1, 0.15) is 6.04 Å². The molecule has 0 saturated heterocycles. The minimum atomic E-state index is -0.956. The molecule has 0 fully saturated rings. The number of rotatable bonds is 5. The third kappa shape index (κ3) is 3.93. The quantitative estimate of drug-likeness (QED) is 0.629. The Morgan fingerprint density at radius 1 is 0.806 bits per heavy atom. The molecule has 2 N–H and O–H groups in total. The van der Waals surface area contributed by atoms with Gasteiger partial charge in [-0.15, -0.1) is 0 Å². The first-order valence-electron chi connectivity index (χ1n) is 9.64. The van der Waals surface area contributed by atoms with Crippen molar-refractivity contribution in [3.63, 3.8) is 0 Å². The summed E-state index contributed by atoms with van der Waals surface area (Å²) in [5.41, 5.74) is 1.82. The van der Waals surface area contributed by atoms with E-state index in [0.29, 0.717) is 11.3 Å². The van der Waals surface area contributed by atoms with Gasteiger partial charge < -0.3 is 10.6 Å². The third-order valence-corrected chi connectivity index (χ3v) is 5.06. The Bertz CT molecular complexity index is 1180. The molecule has 4 rings (SSSR count). The summed E-state index contributed by atoms with van der Waals surface area (Å²) < 4.78 is 0. The number of para-hydroxylation sites is 1. The minimum absolute atomic E-state index is 0.171. The van der Waals surface area contributed by atoms with Crippen LogP contribution in [0.25, 0.3) is 0 Å². The molecule has 1 atom stereocenters. The molecule has 0 spiro atoms. The van der Waals surface area contributed by atoms with Crippen molar-refractivity contribution in [2.45, 2.75) is 6.04 Å². The van der Waals surface area contributed by atoms with Gasteiger partial charge in [-0.2, -0.15) is 0 Å². The normalized spacial score (nSPS) is 13.5. The zero-order chi connectivity index (χ0) is 22.0. The minimum Gasteiger partial charge on any atom is -0.336 e. The Morgan fingerprint density at radius 2 is 1.42 bits per heavy atom. The molecule has 7 nitrogen and oxygen atoms in total. The van der Waals surface area contributed by atoms with Crippen LogP contribution in [0, 0.1) is 0 Å². The van der Waals surface area contributed by atoms with E-state index in [4.69, 9.17) is 0 Å². The SMILES string of the molecule is CN1C(=O)c2ccc(C(=O)NC(C(=O)Nc3ccccc3)c3ccccc3)cc2C1=O. The first-order valence-corrected chi connectivity index (χ1v) is 9.64. The van der Waals surface area contributed by atoms with Crippen molar-refractivity contribution in [1.29, 1.82) is 0 Å². The number of hydrogen-bond donors (Lipinski definition) is 2. The first kappa shape index (κ1) is 20.0. The number of imide groups is 1. The molecule has 1 aliphatic rings. The van der Waals surface area contributed by atoms with Gasteiger partial charge in [-0.25, -0.2) is 0 Å². The number of nitrogens with zero attached hydrogens (tertiary/aromatic N) is 1. The van der Waals surface area contributed by atoms with Crippen LogP contribution in [-0.2, 0) is 4.79 Å². The van der Waals surface area contributed by atoms with Gasteiger partial charge in [0.15, 0.2) is 0 Å². The molecule has 0 saturated carbocycles. The Balaban J connectivity index is 1.60.